The third kappa shape index (κ3) is 6.38. The lowest BCUT2D eigenvalue weighted by Crippen LogP contribution is -2.54. The van der Waals surface area contributed by atoms with Gasteiger partial charge >= 0.3 is 0 Å². The van der Waals surface area contributed by atoms with E-state index >= 15 is 0 Å². The van der Waals surface area contributed by atoms with Gasteiger partial charge in [-0.2, -0.15) is 0 Å². The zero-order chi connectivity index (χ0) is 20.7. The van der Waals surface area contributed by atoms with E-state index < -0.39 is 11.6 Å². The average molecular weight is 401 g/mol. The van der Waals surface area contributed by atoms with E-state index in [2.05, 4.69) is 5.32 Å². The second-order valence-corrected chi connectivity index (χ2v) is 8.32. The molecule has 1 unspecified atom stereocenters. The van der Waals surface area contributed by atoms with Crippen LogP contribution in [-0.4, -0.2) is 28.3 Å². The molecule has 0 aliphatic carbocycles. The van der Waals surface area contributed by atoms with Crippen molar-refractivity contribution in [2.24, 2.45) is 0 Å². The van der Waals surface area contributed by atoms with E-state index in [1.807, 2.05) is 76.2 Å². The third-order valence-corrected chi connectivity index (χ3v) is 4.74. The summed E-state index contributed by atoms with van der Waals surface area (Å²) >= 11 is 6.33. The summed E-state index contributed by atoms with van der Waals surface area (Å²) in [5, 5.41) is 3.62. The van der Waals surface area contributed by atoms with Crippen molar-refractivity contribution in [1.82, 2.24) is 10.2 Å². The topological polar surface area (TPSA) is 49.4 Å². The molecular formula is C23H29ClN2O2. The molecule has 150 valence electrons. The molecule has 0 spiro atoms. The molecule has 0 aliphatic rings. The van der Waals surface area contributed by atoms with E-state index in [1.54, 1.807) is 11.0 Å². The van der Waals surface area contributed by atoms with E-state index in [-0.39, 0.29) is 11.8 Å². The number of rotatable bonds is 7. The third-order valence-electron chi connectivity index (χ3n) is 4.37. The van der Waals surface area contributed by atoms with Crippen molar-refractivity contribution in [3.05, 3.63) is 70.7 Å². The Morgan fingerprint density at radius 2 is 1.64 bits per heavy atom. The lowest BCUT2D eigenvalue weighted by Gasteiger charge is -2.33. The maximum Gasteiger partial charge on any atom is 0.243 e. The molecule has 4 nitrogen and oxygen atoms in total. The minimum atomic E-state index is -0.620. The molecule has 0 saturated heterocycles. The summed E-state index contributed by atoms with van der Waals surface area (Å²) in [6.45, 7) is 7.91. The number of hydrogen-bond donors (Lipinski definition) is 1. The number of halogens is 1. The van der Waals surface area contributed by atoms with Crippen molar-refractivity contribution in [1.29, 1.82) is 0 Å². The van der Waals surface area contributed by atoms with Crippen LogP contribution in [-0.2, 0) is 22.6 Å². The number of nitrogens with zero attached hydrogens (tertiary/aromatic N) is 1. The Labute approximate surface area is 172 Å². The fourth-order valence-corrected chi connectivity index (χ4v) is 3.22. The minimum absolute atomic E-state index is 0.0788. The van der Waals surface area contributed by atoms with Gasteiger partial charge in [0.1, 0.15) is 6.04 Å². The van der Waals surface area contributed by atoms with Gasteiger partial charge in [-0.3, -0.25) is 9.59 Å². The Morgan fingerprint density at radius 1 is 1.04 bits per heavy atom. The van der Waals surface area contributed by atoms with Gasteiger partial charge in [-0.25, -0.2) is 0 Å². The van der Waals surface area contributed by atoms with Crippen LogP contribution in [0.15, 0.2) is 54.6 Å². The predicted molar refractivity (Wildman–Crippen MR) is 114 cm³/mol. The Bertz CT molecular complexity index is 800. The number of hydrogen-bond acceptors (Lipinski definition) is 2. The molecule has 1 atom stereocenters. The van der Waals surface area contributed by atoms with E-state index in [0.717, 1.165) is 11.1 Å². The summed E-state index contributed by atoms with van der Waals surface area (Å²) in [6.07, 6.45) is 0.761. The first-order chi connectivity index (χ1) is 13.2. The minimum Gasteiger partial charge on any atom is -0.350 e. The van der Waals surface area contributed by atoms with Gasteiger partial charge in [-0.05, 0) is 38.0 Å². The standard InChI is InChI=1S/C23H29ClN2O2/c1-5-21(27)26(16-18-13-9-10-14-19(18)24)20(22(28)25-23(2,3)4)15-17-11-7-6-8-12-17/h6-14,20H,5,15-16H2,1-4H3,(H,25,28). The molecule has 0 aromatic heterocycles. The van der Waals surface area contributed by atoms with Gasteiger partial charge in [0.25, 0.3) is 0 Å². The lowest BCUT2D eigenvalue weighted by molar-refractivity contribution is -0.141. The molecule has 2 aromatic rings. The Kier molecular flexibility index (Phi) is 7.64. The zero-order valence-corrected chi connectivity index (χ0v) is 17.8. The number of amides is 2. The highest BCUT2D eigenvalue weighted by Gasteiger charge is 2.31. The van der Waals surface area contributed by atoms with Gasteiger partial charge in [-0.1, -0.05) is 67.1 Å². The van der Waals surface area contributed by atoms with Crippen LogP contribution in [0.1, 0.15) is 45.2 Å². The van der Waals surface area contributed by atoms with E-state index in [9.17, 15) is 9.59 Å². The molecule has 2 rings (SSSR count). The Morgan fingerprint density at radius 3 is 2.21 bits per heavy atom. The second kappa shape index (κ2) is 9.74. The molecule has 0 fully saturated rings. The summed E-state index contributed by atoms with van der Waals surface area (Å²) in [5.74, 6) is -0.241. The molecular weight excluding hydrogens is 372 g/mol. The van der Waals surface area contributed by atoms with Crippen molar-refractivity contribution in [2.75, 3.05) is 0 Å². The van der Waals surface area contributed by atoms with E-state index in [0.29, 0.717) is 24.4 Å². The maximum atomic E-state index is 13.2. The summed E-state index contributed by atoms with van der Waals surface area (Å²) in [7, 11) is 0. The van der Waals surface area contributed by atoms with Crippen molar-refractivity contribution >= 4 is 23.4 Å². The highest BCUT2D eigenvalue weighted by molar-refractivity contribution is 6.31. The van der Waals surface area contributed by atoms with Crippen molar-refractivity contribution in [3.63, 3.8) is 0 Å². The Balaban J connectivity index is 2.40. The van der Waals surface area contributed by atoms with Crippen LogP contribution in [0.5, 0.6) is 0 Å². The summed E-state index contributed by atoms with van der Waals surface area (Å²) < 4.78 is 0. The average Bonchev–Trinajstić information content (AvgIpc) is 2.64. The molecule has 2 aromatic carbocycles. The van der Waals surface area contributed by atoms with Crippen LogP contribution in [0.4, 0.5) is 0 Å². The molecule has 5 heteroatoms. The molecule has 0 bridgehead atoms. The van der Waals surface area contributed by atoms with Gasteiger partial charge in [0.15, 0.2) is 0 Å². The van der Waals surface area contributed by atoms with Gasteiger partial charge in [0.2, 0.25) is 11.8 Å². The van der Waals surface area contributed by atoms with Crippen LogP contribution in [0.2, 0.25) is 5.02 Å². The normalized spacial score (nSPS) is 12.3. The number of benzene rings is 2. The van der Waals surface area contributed by atoms with Crippen molar-refractivity contribution in [3.8, 4) is 0 Å². The fourth-order valence-electron chi connectivity index (χ4n) is 3.02. The SMILES string of the molecule is CCC(=O)N(Cc1ccccc1Cl)C(Cc1ccccc1)C(=O)NC(C)(C)C. The summed E-state index contributed by atoms with van der Waals surface area (Å²) in [6, 6.07) is 16.6. The van der Waals surface area contributed by atoms with Crippen LogP contribution in [0.3, 0.4) is 0 Å². The number of carbonyl (C=O) groups is 2. The van der Waals surface area contributed by atoms with E-state index in [1.165, 1.54) is 0 Å². The van der Waals surface area contributed by atoms with Crippen LogP contribution < -0.4 is 5.32 Å². The highest BCUT2D eigenvalue weighted by Crippen LogP contribution is 2.21. The lowest BCUT2D eigenvalue weighted by atomic mass is 10.0. The van der Waals surface area contributed by atoms with Crippen LogP contribution >= 0.6 is 11.6 Å². The first-order valence-corrected chi connectivity index (χ1v) is 9.98. The van der Waals surface area contributed by atoms with Crippen LogP contribution in [0, 0.1) is 0 Å². The molecule has 0 aliphatic heterocycles. The zero-order valence-electron chi connectivity index (χ0n) is 17.0. The first-order valence-electron chi connectivity index (χ1n) is 9.60. The monoisotopic (exact) mass is 400 g/mol. The van der Waals surface area contributed by atoms with Gasteiger partial charge < -0.3 is 10.2 Å². The molecule has 0 saturated carbocycles. The van der Waals surface area contributed by atoms with Crippen molar-refractivity contribution in [2.45, 2.75) is 58.7 Å². The van der Waals surface area contributed by atoms with Gasteiger partial charge in [-0.15, -0.1) is 0 Å². The van der Waals surface area contributed by atoms with Crippen molar-refractivity contribution < 1.29 is 9.59 Å². The summed E-state index contributed by atoms with van der Waals surface area (Å²) in [4.78, 5) is 27.6. The van der Waals surface area contributed by atoms with Crippen LogP contribution in [0.25, 0.3) is 0 Å². The molecule has 2 amide bonds. The van der Waals surface area contributed by atoms with Gasteiger partial charge in [0, 0.05) is 29.9 Å². The second-order valence-electron chi connectivity index (χ2n) is 7.91. The first kappa shape index (κ1) is 22.0. The fraction of sp³-hybridized carbons (Fsp3) is 0.391. The quantitative estimate of drug-likeness (QED) is 0.738. The molecule has 0 heterocycles. The number of nitrogens with one attached hydrogen (secondary N) is 1. The smallest absolute Gasteiger partial charge is 0.243 e. The highest BCUT2D eigenvalue weighted by atomic mass is 35.5. The largest absolute Gasteiger partial charge is 0.350 e. The molecule has 28 heavy (non-hydrogen) atoms. The number of carbonyl (C=O) groups excluding carboxylic acids is 2. The van der Waals surface area contributed by atoms with Gasteiger partial charge in [0.05, 0.1) is 0 Å². The summed E-state index contributed by atoms with van der Waals surface area (Å²) in [5.41, 5.74) is 1.44. The maximum absolute atomic E-state index is 13.2. The molecule has 0 radical (unpaired) electrons. The molecule has 1 N–H and O–H groups in total. The van der Waals surface area contributed by atoms with E-state index in [4.69, 9.17) is 11.6 Å². The predicted octanol–water partition coefficient (Wildman–Crippen LogP) is 4.60. The Hall–Kier alpha value is -2.33.